The minimum Gasteiger partial charge on any atom is -0.465 e. The van der Waals surface area contributed by atoms with E-state index in [4.69, 9.17) is 4.74 Å². The maximum Gasteiger partial charge on any atom is 0.408 e. The molecule has 2 aliphatic rings. The molecule has 34 heavy (non-hydrogen) atoms. The van der Waals surface area contributed by atoms with Crippen molar-refractivity contribution in [1.29, 1.82) is 0 Å². The average Bonchev–Trinajstić information content (AvgIpc) is 3.36. The van der Waals surface area contributed by atoms with Crippen molar-refractivity contribution in [2.24, 2.45) is 5.41 Å². The van der Waals surface area contributed by atoms with Gasteiger partial charge < -0.3 is 20.5 Å². The molecule has 1 saturated heterocycles. The number of carbonyl (C=O) groups excluding carboxylic acids is 2. The second-order valence-corrected chi connectivity index (χ2v) is 9.12. The first-order chi connectivity index (χ1) is 16.0. The molecule has 0 spiro atoms. The van der Waals surface area contributed by atoms with Gasteiger partial charge in [0.05, 0.1) is 13.2 Å². The second kappa shape index (κ2) is 10.2. The van der Waals surface area contributed by atoms with E-state index in [1.807, 2.05) is 0 Å². The molecule has 184 valence electrons. The van der Waals surface area contributed by atoms with Gasteiger partial charge in [0, 0.05) is 30.0 Å². The van der Waals surface area contributed by atoms with Crippen LogP contribution >= 0.6 is 15.9 Å². The molecular formula is C22H25BrF2N4O5. The van der Waals surface area contributed by atoms with Gasteiger partial charge in [0.25, 0.3) is 5.91 Å². The van der Waals surface area contributed by atoms with Crippen LogP contribution < -0.4 is 10.6 Å². The first-order valence-corrected chi connectivity index (χ1v) is 11.3. The molecule has 3 amide bonds. The van der Waals surface area contributed by atoms with Gasteiger partial charge in [-0.15, -0.1) is 13.2 Å². The number of hydrogen-bond acceptors (Lipinski definition) is 5. The van der Waals surface area contributed by atoms with E-state index >= 15 is 0 Å². The van der Waals surface area contributed by atoms with Crippen molar-refractivity contribution in [2.75, 3.05) is 18.5 Å². The van der Waals surface area contributed by atoms with Gasteiger partial charge >= 0.3 is 12.0 Å². The Morgan fingerprint density at radius 2 is 2.06 bits per heavy atom. The van der Waals surface area contributed by atoms with E-state index in [0.717, 1.165) is 11.0 Å². The number of carboxylic acid groups (broad SMARTS) is 1. The van der Waals surface area contributed by atoms with E-state index in [1.165, 1.54) is 0 Å². The van der Waals surface area contributed by atoms with Crippen LogP contribution in [0.5, 0.6) is 0 Å². The van der Waals surface area contributed by atoms with Gasteiger partial charge in [-0.2, -0.15) is 8.78 Å². The van der Waals surface area contributed by atoms with Crippen molar-refractivity contribution in [1.82, 2.24) is 15.2 Å². The minimum absolute atomic E-state index is 0.0827. The van der Waals surface area contributed by atoms with Crippen LogP contribution in [0, 0.1) is 5.41 Å². The summed E-state index contributed by atoms with van der Waals surface area (Å²) in [6.45, 7) is 7.06. The summed E-state index contributed by atoms with van der Waals surface area (Å²) in [5.74, 6) is -5.46. The fraction of sp³-hybridized carbons (Fsp3) is 0.455. The summed E-state index contributed by atoms with van der Waals surface area (Å²) in [6.07, 6.45) is 0.869. The summed E-state index contributed by atoms with van der Waals surface area (Å²) >= 11 is 3.24. The molecule has 3 N–H and O–H groups in total. The van der Waals surface area contributed by atoms with Crippen LogP contribution in [0.15, 0.2) is 42.0 Å². The fourth-order valence-electron chi connectivity index (χ4n) is 4.19. The Morgan fingerprint density at radius 1 is 1.32 bits per heavy atom. The Kier molecular flexibility index (Phi) is 7.71. The van der Waals surface area contributed by atoms with E-state index in [-0.39, 0.29) is 25.4 Å². The van der Waals surface area contributed by atoms with Crippen molar-refractivity contribution in [3.63, 3.8) is 0 Å². The number of carbonyl (C=O) groups is 3. The number of rotatable bonds is 11. The molecule has 0 radical (unpaired) electrons. The molecule has 1 aliphatic heterocycles. The number of amides is 3. The smallest absolute Gasteiger partial charge is 0.408 e. The number of likely N-dealkylation sites (tertiary alicyclic amines) is 1. The minimum atomic E-state index is -3.61. The molecule has 3 atom stereocenters. The Labute approximate surface area is 203 Å². The summed E-state index contributed by atoms with van der Waals surface area (Å²) in [5, 5.41) is 14.6. The van der Waals surface area contributed by atoms with E-state index in [0.29, 0.717) is 23.2 Å². The average molecular weight is 543 g/mol. The molecule has 2 heterocycles. The van der Waals surface area contributed by atoms with Gasteiger partial charge in [0.1, 0.15) is 16.5 Å². The van der Waals surface area contributed by atoms with Crippen LogP contribution in [0.4, 0.5) is 19.4 Å². The summed E-state index contributed by atoms with van der Waals surface area (Å²) < 4.78 is 33.4. The zero-order valence-electron chi connectivity index (χ0n) is 18.2. The van der Waals surface area contributed by atoms with Crippen LogP contribution in [-0.4, -0.2) is 64.1 Å². The van der Waals surface area contributed by atoms with Gasteiger partial charge in [-0.3, -0.25) is 14.5 Å². The summed E-state index contributed by atoms with van der Waals surface area (Å²) in [7, 11) is 0. The molecule has 2 fully saturated rings. The molecule has 0 aromatic carbocycles. The van der Waals surface area contributed by atoms with Gasteiger partial charge in [0.2, 0.25) is 5.91 Å². The lowest BCUT2D eigenvalue weighted by atomic mass is 9.98. The van der Waals surface area contributed by atoms with Crippen LogP contribution in [0.3, 0.4) is 0 Å². The first-order valence-electron chi connectivity index (χ1n) is 10.5. The van der Waals surface area contributed by atoms with Crippen LogP contribution in [0.2, 0.25) is 0 Å². The second-order valence-electron chi connectivity index (χ2n) is 8.31. The number of pyridine rings is 1. The summed E-state index contributed by atoms with van der Waals surface area (Å²) in [4.78, 5) is 42.1. The number of halogens is 3. The van der Waals surface area contributed by atoms with Gasteiger partial charge in [-0.25, -0.2) is 9.78 Å². The number of alkyl halides is 2. The predicted octanol–water partition coefficient (Wildman–Crippen LogP) is 3.32. The molecule has 9 nitrogen and oxygen atoms in total. The predicted molar refractivity (Wildman–Crippen MR) is 122 cm³/mol. The van der Waals surface area contributed by atoms with Crippen LogP contribution in [0.1, 0.15) is 24.8 Å². The van der Waals surface area contributed by atoms with Crippen molar-refractivity contribution in [2.45, 2.75) is 43.9 Å². The maximum absolute atomic E-state index is 13.8. The molecule has 1 saturated carbocycles. The van der Waals surface area contributed by atoms with Gasteiger partial charge in [-0.05, 0) is 34.8 Å². The Balaban J connectivity index is 1.71. The molecule has 1 aromatic heterocycles. The highest BCUT2D eigenvalue weighted by Gasteiger charge is 2.67. The summed E-state index contributed by atoms with van der Waals surface area (Å²) in [5.41, 5.74) is -0.198. The number of fused-ring (bicyclic) bond motifs is 1. The monoisotopic (exact) mass is 542 g/mol. The van der Waals surface area contributed by atoms with E-state index in [1.54, 1.807) is 18.2 Å². The quantitative estimate of drug-likeness (QED) is 0.224. The van der Waals surface area contributed by atoms with Crippen molar-refractivity contribution in [3.05, 3.63) is 47.6 Å². The van der Waals surface area contributed by atoms with Crippen LogP contribution in [0.25, 0.3) is 0 Å². The number of allylic oxidation sites excluding steroid dienone is 1. The largest absolute Gasteiger partial charge is 0.465 e. The lowest BCUT2D eigenvalue weighted by Crippen LogP contribution is -2.45. The highest BCUT2D eigenvalue weighted by atomic mass is 79.9. The number of nitrogens with one attached hydrogen (secondary N) is 2. The van der Waals surface area contributed by atoms with Crippen molar-refractivity contribution in [3.8, 4) is 0 Å². The normalized spacial score (nSPS) is 23.1. The maximum atomic E-state index is 13.8. The van der Waals surface area contributed by atoms with Crippen molar-refractivity contribution < 1.29 is 33.0 Å². The number of piperidine rings is 1. The zero-order chi connectivity index (χ0) is 25.1. The Hall–Kier alpha value is -2.86. The highest BCUT2D eigenvalue weighted by molar-refractivity contribution is 9.10. The third-order valence-corrected chi connectivity index (χ3v) is 6.40. The van der Waals surface area contributed by atoms with E-state index < -0.39 is 47.7 Å². The van der Waals surface area contributed by atoms with Crippen molar-refractivity contribution >= 4 is 39.7 Å². The number of nitrogens with zero attached hydrogens (tertiary/aromatic N) is 2. The molecule has 12 heteroatoms. The molecule has 1 aliphatic carbocycles. The fourth-order valence-corrected chi connectivity index (χ4v) is 4.50. The van der Waals surface area contributed by atoms with E-state index in [2.05, 4.69) is 44.7 Å². The first kappa shape index (κ1) is 25.8. The molecule has 3 rings (SSSR count). The zero-order valence-corrected chi connectivity index (χ0v) is 19.8. The lowest BCUT2D eigenvalue weighted by molar-refractivity contribution is -0.145. The Morgan fingerprint density at radius 3 is 2.71 bits per heavy atom. The third kappa shape index (κ3) is 5.44. The highest BCUT2D eigenvalue weighted by Crippen LogP contribution is 2.59. The third-order valence-electron chi connectivity index (χ3n) is 5.96. The standard InChI is InChI=1S/C22H25BrF2N4O5/c1-3-7-22(24,25)19(31)26-12-21-9-14(29(20(32)33)15(21)10-21)18(30)28-17-13(11-34-8-4-2)5-6-16(23)27-17/h3-6,14-15H,1-2,7-12H2,(H,26,31)(H,32,33)(H,27,28,30). The molecular weight excluding hydrogens is 518 g/mol. The molecule has 0 bridgehead atoms. The molecule has 3 unspecified atom stereocenters. The number of anilines is 1. The SMILES string of the molecule is C=CCOCc1ccc(Br)nc1NC(=O)C1CC2(CNC(=O)C(F)(F)CC=C)CC2N1C(=O)O. The van der Waals surface area contributed by atoms with Gasteiger partial charge in [0.15, 0.2) is 0 Å². The van der Waals surface area contributed by atoms with Gasteiger partial charge in [-0.1, -0.05) is 18.2 Å². The van der Waals surface area contributed by atoms with E-state index in [9.17, 15) is 28.3 Å². The number of ether oxygens (including phenoxy) is 1. The lowest BCUT2D eigenvalue weighted by Gasteiger charge is -2.24. The number of hydrogen-bond donors (Lipinski definition) is 3. The molecule has 1 aromatic rings. The summed E-state index contributed by atoms with van der Waals surface area (Å²) in [6, 6.07) is 1.76. The Bertz CT molecular complexity index is 1010. The van der Waals surface area contributed by atoms with Crippen LogP contribution in [-0.2, 0) is 20.9 Å². The topological polar surface area (TPSA) is 121 Å². The number of aromatic nitrogens is 1.